The molecule has 0 saturated carbocycles. The topological polar surface area (TPSA) is 104 Å². The predicted octanol–water partition coefficient (Wildman–Crippen LogP) is 2.83. The Bertz CT molecular complexity index is 1290. The second-order valence-corrected chi connectivity index (χ2v) is 9.96. The Morgan fingerprint density at radius 3 is 2.48 bits per heavy atom. The number of hydrogen-bond acceptors (Lipinski definition) is 7. The fourth-order valence-corrected chi connectivity index (χ4v) is 5.32. The zero-order valence-corrected chi connectivity index (χ0v) is 19.1. The molecule has 0 spiro atoms. The maximum atomic E-state index is 12.5. The lowest BCUT2D eigenvalue weighted by molar-refractivity contribution is -0.141. The average Bonchev–Trinajstić information content (AvgIpc) is 3.08. The second-order valence-electron chi connectivity index (χ2n) is 6.41. The zero-order chi connectivity index (χ0) is 22.6. The lowest BCUT2D eigenvalue weighted by Gasteiger charge is -2.05. The first kappa shape index (κ1) is 23.0. The van der Waals surface area contributed by atoms with Gasteiger partial charge in [0, 0.05) is 11.4 Å². The lowest BCUT2D eigenvalue weighted by Crippen LogP contribution is -2.22. The van der Waals surface area contributed by atoms with Gasteiger partial charge in [-0.05, 0) is 42.5 Å². The number of amides is 1. The molecule has 0 radical (unpaired) electrons. The van der Waals surface area contributed by atoms with Crippen LogP contribution in [0.3, 0.4) is 0 Å². The van der Waals surface area contributed by atoms with Crippen molar-refractivity contribution in [2.24, 2.45) is 4.99 Å². The van der Waals surface area contributed by atoms with E-state index < -0.39 is 27.5 Å². The van der Waals surface area contributed by atoms with Crippen LogP contribution in [0.2, 0.25) is 5.02 Å². The van der Waals surface area contributed by atoms with Gasteiger partial charge in [-0.25, -0.2) is 8.42 Å². The van der Waals surface area contributed by atoms with Crippen LogP contribution >= 0.6 is 22.9 Å². The number of carbonyl (C=O) groups is 2. The summed E-state index contributed by atoms with van der Waals surface area (Å²) in [7, 11) is -0.919. The average molecular weight is 483 g/mol. The van der Waals surface area contributed by atoms with E-state index in [4.69, 9.17) is 21.1 Å². The van der Waals surface area contributed by atoms with Crippen molar-refractivity contribution in [3.63, 3.8) is 0 Å². The maximum Gasteiger partial charge on any atom is 0.325 e. The van der Waals surface area contributed by atoms with Gasteiger partial charge in [-0.1, -0.05) is 22.9 Å². The first-order valence-electron chi connectivity index (χ1n) is 9.03. The van der Waals surface area contributed by atoms with E-state index in [0.29, 0.717) is 16.3 Å². The monoisotopic (exact) mass is 482 g/mol. The van der Waals surface area contributed by atoms with Crippen LogP contribution in [0.5, 0.6) is 5.75 Å². The molecular weight excluding hydrogens is 464 g/mol. The molecule has 0 bridgehead atoms. The third kappa shape index (κ3) is 5.52. The fourth-order valence-electron chi connectivity index (χ4n) is 2.76. The summed E-state index contributed by atoms with van der Waals surface area (Å²) < 4.78 is 37.0. The van der Waals surface area contributed by atoms with Gasteiger partial charge in [0.15, 0.2) is 14.6 Å². The van der Waals surface area contributed by atoms with Gasteiger partial charge in [-0.2, -0.15) is 4.99 Å². The molecule has 2 aromatic carbocycles. The lowest BCUT2D eigenvalue weighted by atomic mass is 10.3. The molecule has 1 aromatic heterocycles. The number of methoxy groups -OCH3 is 2. The Morgan fingerprint density at radius 2 is 1.84 bits per heavy atom. The van der Waals surface area contributed by atoms with Gasteiger partial charge in [0.25, 0.3) is 0 Å². The van der Waals surface area contributed by atoms with Crippen molar-refractivity contribution in [1.82, 2.24) is 4.57 Å². The van der Waals surface area contributed by atoms with Gasteiger partial charge in [0.1, 0.15) is 12.3 Å². The van der Waals surface area contributed by atoms with Gasteiger partial charge < -0.3 is 14.0 Å². The Morgan fingerprint density at radius 1 is 1.13 bits per heavy atom. The van der Waals surface area contributed by atoms with Gasteiger partial charge in [0.05, 0.1) is 35.1 Å². The van der Waals surface area contributed by atoms with Crippen molar-refractivity contribution in [1.29, 1.82) is 0 Å². The number of benzene rings is 2. The molecule has 164 valence electrons. The van der Waals surface area contributed by atoms with E-state index in [9.17, 15) is 18.0 Å². The minimum absolute atomic E-state index is 0.0957. The SMILES string of the molecule is COC(=O)Cn1c(=NC(=O)CCS(=O)(=O)c2ccc(OC)cc2)sc2cc(Cl)ccc21. The van der Waals surface area contributed by atoms with Crippen LogP contribution < -0.4 is 9.54 Å². The molecule has 0 aliphatic heterocycles. The van der Waals surface area contributed by atoms with Crippen LogP contribution in [0.1, 0.15) is 6.42 Å². The Hall–Kier alpha value is -2.69. The molecule has 0 aliphatic rings. The highest BCUT2D eigenvalue weighted by Gasteiger charge is 2.17. The summed E-state index contributed by atoms with van der Waals surface area (Å²) in [5, 5.41) is 0.502. The number of thiazole rings is 1. The summed E-state index contributed by atoms with van der Waals surface area (Å²) in [4.78, 5) is 28.6. The molecule has 0 atom stereocenters. The molecule has 1 heterocycles. The van der Waals surface area contributed by atoms with Crippen LogP contribution in [-0.4, -0.2) is 44.8 Å². The number of rotatable bonds is 7. The fraction of sp³-hybridized carbons (Fsp3) is 0.250. The standard InChI is InChI=1S/C20H19ClN2O6S2/c1-28-14-4-6-15(7-5-14)31(26,27)10-9-18(24)22-20-23(12-19(25)29-2)16-8-3-13(21)11-17(16)30-20/h3-8,11H,9-10,12H2,1-2H3. The van der Waals surface area contributed by atoms with Crippen molar-refractivity contribution in [3.8, 4) is 5.75 Å². The van der Waals surface area contributed by atoms with E-state index >= 15 is 0 Å². The summed E-state index contributed by atoms with van der Waals surface area (Å²) in [6.45, 7) is -0.144. The van der Waals surface area contributed by atoms with Crippen molar-refractivity contribution < 1.29 is 27.5 Å². The number of nitrogens with zero attached hydrogens (tertiary/aromatic N) is 2. The molecule has 0 fully saturated rings. The van der Waals surface area contributed by atoms with Crippen LogP contribution in [-0.2, 0) is 30.7 Å². The molecule has 1 amide bonds. The number of halogens is 1. The van der Waals surface area contributed by atoms with E-state index in [1.807, 2.05) is 0 Å². The molecule has 0 unspecified atom stereocenters. The van der Waals surface area contributed by atoms with Crippen molar-refractivity contribution >= 4 is 54.9 Å². The number of sulfone groups is 1. The van der Waals surface area contributed by atoms with Crippen molar-refractivity contribution in [3.05, 3.63) is 52.3 Å². The van der Waals surface area contributed by atoms with Crippen LogP contribution in [0.15, 0.2) is 52.4 Å². The van der Waals surface area contributed by atoms with Gasteiger partial charge in [-0.15, -0.1) is 0 Å². The summed E-state index contributed by atoms with van der Waals surface area (Å²) in [6, 6.07) is 11.0. The number of aromatic nitrogens is 1. The minimum atomic E-state index is -3.67. The first-order valence-corrected chi connectivity index (χ1v) is 11.9. The zero-order valence-electron chi connectivity index (χ0n) is 16.7. The van der Waals surface area contributed by atoms with E-state index in [1.54, 1.807) is 18.2 Å². The molecule has 0 N–H and O–H groups in total. The summed E-state index contributed by atoms with van der Waals surface area (Å²) in [5.74, 6) is -0.987. The quantitative estimate of drug-likeness (QED) is 0.479. The van der Waals surface area contributed by atoms with E-state index in [2.05, 4.69) is 4.99 Å². The summed E-state index contributed by atoms with van der Waals surface area (Å²) in [5.41, 5.74) is 0.664. The highest BCUT2D eigenvalue weighted by atomic mass is 35.5. The number of fused-ring (bicyclic) bond motifs is 1. The third-order valence-corrected chi connectivity index (χ3v) is 7.39. The van der Waals surface area contributed by atoms with Gasteiger partial charge >= 0.3 is 5.97 Å². The number of hydrogen-bond donors (Lipinski definition) is 0. The molecule has 3 aromatic rings. The van der Waals surface area contributed by atoms with E-state index in [0.717, 1.165) is 4.70 Å². The third-order valence-electron chi connectivity index (χ3n) is 4.38. The van der Waals surface area contributed by atoms with Gasteiger partial charge in [-0.3, -0.25) is 9.59 Å². The molecular formula is C20H19ClN2O6S2. The molecule has 8 nitrogen and oxygen atoms in total. The number of ether oxygens (including phenoxy) is 2. The second kappa shape index (κ2) is 9.63. The molecule has 0 aliphatic carbocycles. The maximum absolute atomic E-state index is 12.5. The van der Waals surface area contributed by atoms with Crippen molar-refractivity contribution in [2.45, 2.75) is 17.9 Å². The molecule has 31 heavy (non-hydrogen) atoms. The first-order chi connectivity index (χ1) is 14.7. The minimum Gasteiger partial charge on any atom is -0.497 e. The molecule has 0 saturated heterocycles. The Kier molecular flexibility index (Phi) is 7.14. The van der Waals surface area contributed by atoms with E-state index in [1.165, 1.54) is 54.4 Å². The Labute approximate surface area is 187 Å². The molecule has 11 heteroatoms. The van der Waals surface area contributed by atoms with Gasteiger partial charge in [0.2, 0.25) is 5.91 Å². The van der Waals surface area contributed by atoms with Crippen LogP contribution in [0.25, 0.3) is 10.2 Å². The van der Waals surface area contributed by atoms with Crippen LogP contribution in [0.4, 0.5) is 0 Å². The van der Waals surface area contributed by atoms with Crippen molar-refractivity contribution in [2.75, 3.05) is 20.0 Å². The number of carbonyl (C=O) groups excluding carboxylic acids is 2. The summed E-state index contributed by atoms with van der Waals surface area (Å²) >= 11 is 7.20. The smallest absolute Gasteiger partial charge is 0.325 e. The Balaban J connectivity index is 1.85. The van der Waals surface area contributed by atoms with E-state index in [-0.39, 0.29) is 22.7 Å². The largest absolute Gasteiger partial charge is 0.497 e. The predicted molar refractivity (Wildman–Crippen MR) is 117 cm³/mol. The highest BCUT2D eigenvalue weighted by Crippen LogP contribution is 2.22. The van der Waals surface area contributed by atoms with Crippen LogP contribution in [0, 0.1) is 0 Å². The highest BCUT2D eigenvalue weighted by molar-refractivity contribution is 7.91. The molecule has 3 rings (SSSR count). The number of esters is 1. The normalized spacial score (nSPS) is 12.2. The summed E-state index contributed by atoms with van der Waals surface area (Å²) in [6.07, 6.45) is -0.304.